The van der Waals surface area contributed by atoms with Gasteiger partial charge in [-0.1, -0.05) is 26.0 Å². The van der Waals surface area contributed by atoms with Crippen LogP contribution in [-0.2, 0) is 0 Å². The third-order valence-corrected chi connectivity index (χ3v) is 4.40. The predicted molar refractivity (Wildman–Crippen MR) is 104 cm³/mol. The lowest BCUT2D eigenvalue weighted by Crippen LogP contribution is -2.40. The highest BCUT2D eigenvalue weighted by molar-refractivity contribution is 5.80. The molecule has 0 amide bonds. The maximum Gasteiger partial charge on any atom is 0.123 e. The molecule has 25 heavy (non-hydrogen) atoms. The molecule has 0 bridgehead atoms. The molecule has 0 spiro atoms. The van der Waals surface area contributed by atoms with Gasteiger partial charge in [0.2, 0.25) is 0 Å². The molecule has 0 saturated carbocycles. The Labute approximate surface area is 151 Å². The van der Waals surface area contributed by atoms with E-state index in [0.29, 0.717) is 18.9 Å². The smallest absolute Gasteiger partial charge is 0.123 e. The zero-order valence-electron chi connectivity index (χ0n) is 15.7. The zero-order chi connectivity index (χ0) is 18.7. The van der Waals surface area contributed by atoms with Crippen LogP contribution in [0.1, 0.15) is 45.6 Å². The minimum atomic E-state index is -0.280. The van der Waals surface area contributed by atoms with E-state index in [2.05, 4.69) is 9.89 Å². The van der Waals surface area contributed by atoms with E-state index in [-0.39, 0.29) is 11.9 Å². The van der Waals surface area contributed by atoms with Crippen molar-refractivity contribution in [3.63, 3.8) is 0 Å². The SMILES string of the molecule is CC.CC(=N/C=C\c1ccc(F)cc1)N1CCC(C(O)CCN)CC1. The van der Waals surface area contributed by atoms with Gasteiger partial charge in [0.05, 0.1) is 6.10 Å². The number of hydrogen-bond donors (Lipinski definition) is 2. The van der Waals surface area contributed by atoms with Crippen molar-refractivity contribution in [3.05, 3.63) is 41.8 Å². The minimum absolute atomic E-state index is 0.235. The number of piperidine rings is 1. The Morgan fingerprint density at radius 2 is 1.92 bits per heavy atom. The molecule has 4 nitrogen and oxygen atoms in total. The van der Waals surface area contributed by atoms with Gasteiger partial charge < -0.3 is 15.7 Å². The Bertz CT molecular complexity index is 534. The number of nitrogens with two attached hydrogens (primary N) is 1. The van der Waals surface area contributed by atoms with Crippen LogP contribution in [-0.4, -0.2) is 41.6 Å². The zero-order valence-corrected chi connectivity index (χ0v) is 15.7. The standard InChI is InChI=1S/C18H26FN3O.C2H6/c1-14(21-11-7-15-2-4-17(19)5-3-15)22-12-8-16(9-13-22)18(23)6-10-20;1-2/h2-5,7,11,16,18,23H,6,8-10,12-13,20H2,1H3;1-2H3/b11-7-,21-14?;. The van der Waals surface area contributed by atoms with Crippen molar-refractivity contribution in [1.82, 2.24) is 4.90 Å². The summed E-state index contributed by atoms with van der Waals surface area (Å²) < 4.78 is 12.8. The van der Waals surface area contributed by atoms with E-state index in [1.165, 1.54) is 12.1 Å². The quantitative estimate of drug-likeness (QED) is 0.630. The summed E-state index contributed by atoms with van der Waals surface area (Å²) in [7, 11) is 0. The van der Waals surface area contributed by atoms with Gasteiger partial charge in [-0.2, -0.15) is 0 Å². The molecule has 140 valence electrons. The number of rotatable bonds is 5. The van der Waals surface area contributed by atoms with Crippen LogP contribution in [0, 0.1) is 11.7 Å². The van der Waals surface area contributed by atoms with Crippen LogP contribution in [0.4, 0.5) is 4.39 Å². The fourth-order valence-corrected chi connectivity index (χ4v) is 2.90. The molecule has 1 atom stereocenters. The van der Waals surface area contributed by atoms with Gasteiger partial charge in [0.15, 0.2) is 0 Å². The number of hydrogen-bond acceptors (Lipinski definition) is 3. The van der Waals surface area contributed by atoms with Gasteiger partial charge in [-0.05, 0) is 62.4 Å². The first-order valence-corrected chi connectivity index (χ1v) is 9.19. The van der Waals surface area contributed by atoms with Gasteiger partial charge >= 0.3 is 0 Å². The Kier molecular flexibility index (Phi) is 10.0. The molecule has 1 aromatic rings. The number of aliphatic hydroxyl groups excluding tert-OH is 1. The second kappa shape index (κ2) is 11.8. The van der Waals surface area contributed by atoms with Gasteiger partial charge in [-0.25, -0.2) is 9.38 Å². The lowest BCUT2D eigenvalue weighted by atomic mass is 9.89. The largest absolute Gasteiger partial charge is 0.393 e. The van der Waals surface area contributed by atoms with Gasteiger partial charge in [-0.3, -0.25) is 0 Å². The summed E-state index contributed by atoms with van der Waals surface area (Å²) in [6, 6.07) is 6.32. The van der Waals surface area contributed by atoms with Crippen molar-refractivity contribution in [1.29, 1.82) is 0 Å². The molecule has 0 aromatic heterocycles. The molecule has 1 aromatic carbocycles. The third-order valence-electron chi connectivity index (χ3n) is 4.40. The van der Waals surface area contributed by atoms with Gasteiger partial charge in [0.25, 0.3) is 0 Å². The van der Waals surface area contributed by atoms with Crippen molar-refractivity contribution in [2.45, 2.75) is 46.1 Å². The van der Waals surface area contributed by atoms with Crippen LogP contribution in [0.25, 0.3) is 6.08 Å². The van der Waals surface area contributed by atoms with Crippen LogP contribution in [0.2, 0.25) is 0 Å². The van der Waals surface area contributed by atoms with E-state index in [4.69, 9.17) is 5.73 Å². The molecule has 1 saturated heterocycles. The molecule has 3 N–H and O–H groups in total. The lowest BCUT2D eigenvalue weighted by molar-refractivity contribution is 0.0692. The monoisotopic (exact) mass is 349 g/mol. The predicted octanol–water partition coefficient (Wildman–Crippen LogP) is 3.66. The summed E-state index contributed by atoms with van der Waals surface area (Å²) in [5.41, 5.74) is 6.43. The van der Waals surface area contributed by atoms with Crippen molar-refractivity contribution in [2.75, 3.05) is 19.6 Å². The van der Waals surface area contributed by atoms with E-state index in [1.807, 2.05) is 26.8 Å². The second-order valence-electron chi connectivity index (χ2n) is 6.01. The van der Waals surface area contributed by atoms with Crippen molar-refractivity contribution >= 4 is 11.9 Å². The Morgan fingerprint density at radius 3 is 2.48 bits per heavy atom. The number of halogens is 1. The molecule has 1 unspecified atom stereocenters. The maximum absolute atomic E-state index is 12.8. The number of nitrogens with zero attached hydrogens (tertiary/aromatic N) is 2. The summed E-state index contributed by atoms with van der Waals surface area (Å²) in [6.07, 6.45) is 5.94. The minimum Gasteiger partial charge on any atom is -0.393 e. The number of aliphatic imine (C=N–C) groups is 1. The highest BCUT2D eigenvalue weighted by atomic mass is 19.1. The third kappa shape index (κ3) is 7.36. The number of aliphatic hydroxyl groups is 1. The van der Waals surface area contributed by atoms with Gasteiger partial charge in [-0.15, -0.1) is 0 Å². The van der Waals surface area contributed by atoms with Gasteiger partial charge in [0, 0.05) is 19.3 Å². The average molecular weight is 349 g/mol. The van der Waals surface area contributed by atoms with Crippen molar-refractivity contribution < 1.29 is 9.50 Å². The first-order chi connectivity index (χ1) is 12.1. The van der Waals surface area contributed by atoms with Crippen LogP contribution >= 0.6 is 0 Å². The first kappa shape index (κ1) is 21.3. The topological polar surface area (TPSA) is 61.8 Å². The molecular formula is C20H32FN3O. The van der Waals surface area contributed by atoms with Crippen LogP contribution in [0.5, 0.6) is 0 Å². The summed E-state index contributed by atoms with van der Waals surface area (Å²) in [4.78, 5) is 6.69. The van der Waals surface area contributed by atoms with E-state index in [0.717, 1.165) is 37.3 Å². The Hall–Kier alpha value is -1.72. The maximum atomic E-state index is 12.8. The van der Waals surface area contributed by atoms with E-state index in [9.17, 15) is 9.50 Å². The molecule has 1 fully saturated rings. The van der Waals surface area contributed by atoms with Crippen LogP contribution in [0.3, 0.4) is 0 Å². The number of likely N-dealkylation sites (tertiary alicyclic amines) is 1. The van der Waals surface area contributed by atoms with Crippen LogP contribution < -0.4 is 5.73 Å². The normalized spacial score (nSPS) is 17.4. The molecule has 0 aliphatic carbocycles. The van der Waals surface area contributed by atoms with E-state index < -0.39 is 0 Å². The Balaban J connectivity index is 0.00000151. The van der Waals surface area contributed by atoms with Gasteiger partial charge in [0.1, 0.15) is 11.7 Å². The van der Waals surface area contributed by atoms with E-state index in [1.54, 1.807) is 18.3 Å². The molecule has 1 aliphatic heterocycles. The number of amidine groups is 1. The first-order valence-electron chi connectivity index (χ1n) is 9.19. The van der Waals surface area contributed by atoms with Crippen molar-refractivity contribution in [3.8, 4) is 0 Å². The van der Waals surface area contributed by atoms with E-state index >= 15 is 0 Å². The highest BCUT2D eigenvalue weighted by Gasteiger charge is 2.24. The summed E-state index contributed by atoms with van der Waals surface area (Å²) in [5.74, 6) is 1.08. The molecular weight excluding hydrogens is 317 g/mol. The average Bonchev–Trinajstić information content (AvgIpc) is 2.65. The van der Waals surface area contributed by atoms with Crippen molar-refractivity contribution in [2.24, 2.45) is 16.6 Å². The lowest BCUT2D eigenvalue weighted by Gasteiger charge is -2.35. The number of benzene rings is 1. The highest BCUT2D eigenvalue weighted by Crippen LogP contribution is 2.22. The molecule has 1 aliphatic rings. The van der Waals surface area contributed by atoms with Crippen LogP contribution in [0.15, 0.2) is 35.5 Å². The molecule has 5 heteroatoms. The fourth-order valence-electron chi connectivity index (χ4n) is 2.90. The molecule has 2 rings (SSSR count). The fraction of sp³-hybridized carbons (Fsp3) is 0.550. The summed E-state index contributed by atoms with van der Waals surface area (Å²) >= 11 is 0. The Morgan fingerprint density at radius 1 is 1.32 bits per heavy atom. The summed E-state index contributed by atoms with van der Waals surface area (Å²) in [6.45, 7) is 8.35. The second-order valence-corrected chi connectivity index (χ2v) is 6.01. The molecule has 0 radical (unpaired) electrons. The molecule has 1 heterocycles. The summed E-state index contributed by atoms with van der Waals surface area (Å²) in [5, 5.41) is 10.0.